The molecule has 0 aliphatic carbocycles. The Kier molecular flexibility index (Phi) is 6.30. The number of nitrogens with zero attached hydrogens (tertiary/aromatic N) is 1. The predicted octanol–water partition coefficient (Wildman–Crippen LogP) is 3.68. The number of aromatic amines is 1. The van der Waals surface area contributed by atoms with E-state index >= 15 is 0 Å². The second-order valence-electron chi connectivity index (χ2n) is 7.34. The van der Waals surface area contributed by atoms with Crippen LogP contribution in [-0.2, 0) is 0 Å². The van der Waals surface area contributed by atoms with Gasteiger partial charge in [-0.25, -0.2) is 0 Å². The normalized spacial score (nSPS) is 15.1. The van der Waals surface area contributed by atoms with Crippen molar-refractivity contribution < 1.29 is 9.53 Å². The first-order valence-corrected chi connectivity index (χ1v) is 11.0. The summed E-state index contributed by atoms with van der Waals surface area (Å²) >= 11 is 1.54. The first-order valence-electron chi connectivity index (χ1n) is 10.1. The molecule has 1 fully saturated rings. The summed E-state index contributed by atoms with van der Waals surface area (Å²) in [4.78, 5) is 31.4. The van der Waals surface area contributed by atoms with E-state index in [1.807, 2.05) is 35.7 Å². The number of amides is 1. The van der Waals surface area contributed by atoms with Gasteiger partial charge >= 0.3 is 0 Å². The molecule has 30 heavy (non-hydrogen) atoms. The van der Waals surface area contributed by atoms with Gasteiger partial charge in [0.05, 0.1) is 23.7 Å². The van der Waals surface area contributed by atoms with Gasteiger partial charge < -0.3 is 15.0 Å². The third kappa shape index (κ3) is 4.47. The van der Waals surface area contributed by atoms with E-state index in [2.05, 4.69) is 21.3 Å². The minimum Gasteiger partial charge on any atom is -0.497 e. The number of pyridine rings is 1. The number of rotatable bonds is 7. The summed E-state index contributed by atoms with van der Waals surface area (Å²) < 4.78 is 5.37. The number of likely N-dealkylation sites (tertiary alicyclic amines) is 1. The Morgan fingerprint density at radius 3 is 2.73 bits per heavy atom. The van der Waals surface area contributed by atoms with Gasteiger partial charge in [0.1, 0.15) is 11.3 Å². The summed E-state index contributed by atoms with van der Waals surface area (Å²) in [6.45, 7) is 2.42. The van der Waals surface area contributed by atoms with Crippen LogP contribution in [0.4, 0.5) is 0 Å². The van der Waals surface area contributed by atoms with Crippen molar-refractivity contribution in [1.29, 1.82) is 0 Å². The minimum absolute atomic E-state index is 0.0380. The number of nitrogens with one attached hydrogen (secondary N) is 2. The lowest BCUT2D eigenvalue weighted by Crippen LogP contribution is -2.38. The highest BCUT2D eigenvalue weighted by Gasteiger charge is 2.25. The van der Waals surface area contributed by atoms with E-state index in [9.17, 15) is 9.59 Å². The first kappa shape index (κ1) is 20.4. The predicted molar refractivity (Wildman–Crippen MR) is 119 cm³/mol. The smallest absolute Gasteiger partial charge is 0.261 e. The summed E-state index contributed by atoms with van der Waals surface area (Å²) in [6, 6.07) is 15.2. The molecule has 3 heterocycles. The van der Waals surface area contributed by atoms with Crippen LogP contribution in [0.15, 0.2) is 58.7 Å². The summed E-state index contributed by atoms with van der Waals surface area (Å²) in [7, 11) is 1.65. The lowest BCUT2D eigenvalue weighted by atomic mass is 10.0. The van der Waals surface area contributed by atoms with Gasteiger partial charge in [0, 0.05) is 6.54 Å². The van der Waals surface area contributed by atoms with E-state index in [0.717, 1.165) is 47.8 Å². The number of ether oxygens (including phenoxy) is 1. The topological polar surface area (TPSA) is 74.4 Å². The molecule has 156 valence electrons. The summed E-state index contributed by atoms with van der Waals surface area (Å²) in [5.74, 6) is 0.435. The maximum absolute atomic E-state index is 12.8. The maximum atomic E-state index is 12.8. The van der Waals surface area contributed by atoms with Crippen molar-refractivity contribution in [2.45, 2.75) is 18.9 Å². The molecule has 3 aromatic rings. The molecule has 1 aliphatic rings. The average Bonchev–Trinajstić information content (AvgIpc) is 3.48. The van der Waals surface area contributed by atoms with E-state index < -0.39 is 0 Å². The Balaban J connectivity index is 1.50. The fourth-order valence-electron chi connectivity index (χ4n) is 3.87. The van der Waals surface area contributed by atoms with Gasteiger partial charge in [-0.1, -0.05) is 18.2 Å². The molecule has 7 heteroatoms. The van der Waals surface area contributed by atoms with Crippen LogP contribution >= 0.6 is 11.3 Å². The molecule has 0 spiro atoms. The standard InChI is InChI=1S/C23H25N3O3S/c1-29-17-7-4-6-16(14-17)20(26-11-2-3-12-26)15-24-22(27)18-9-10-19(25-23(18)28)21-8-5-13-30-21/h4-10,13-14,20H,2-3,11-12,15H2,1H3,(H,24,27)(H,25,28). The molecule has 1 aliphatic heterocycles. The van der Waals surface area contributed by atoms with Gasteiger partial charge in [0.25, 0.3) is 11.5 Å². The number of methoxy groups -OCH3 is 1. The molecule has 1 saturated heterocycles. The summed E-state index contributed by atoms with van der Waals surface area (Å²) in [5, 5.41) is 4.92. The number of hydrogen-bond acceptors (Lipinski definition) is 5. The Morgan fingerprint density at radius 2 is 2.03 bits per heavy atom. The van der Waals surface area contributed by atoms with Gasteiger partial charge in [-0.2, -0.15) is 0 Å². The highest BCUT2D eigenvalue weighted by atomic mass is 32.1. The van der Waals surface area contributed by atoms with Crippen LogP contribution in [0.25, 0.3) is 10.6 Å². The Hall–Kier alpha value is -2.90. The van der Waals surface area contributed by atoms with Crippen molar-refractivity contribution in [3.8, 4) is 16.3 Å². The number of H-pyrrole nitrogens is 1. The molecule has 4 rings (SSSR count). The molecule has 1 amide bonds. The van der Waals surface area contributed by atoms with Crippen molar-refractivity contribution in [2.75, 3.05) is 26.7 Å². The van der Waals surface area contributed by atoms with Crippen LogP contribution in [0.1, 0.15) is 34.8 Å². The quantitative estimate of drug-likeness (QED) is 0.608. The van der Waals surface area contributed by atoms with Crippen molar-refractivity contribution >= 4 is 17.2 Å². The summed E-state index contributed by atoms with van der Waals surface area (Å²) in [6.07, 6.45) is 2.30. The van der Waals surface area contributed by atoms with Crippen LogP contribution in [0.3, 0.4) is 0 Å². The van der Waals surface area contributed by atoms with Crippen LogP contribution in [-0.4, -0.2) is 42.5 Å². The lowest BCUT2D eigenvalue weighted by molar-refractivity contribution is 0.0936. The number of aromatic nitrogens is 1. The minimum atomic E-state index is -0.377. The zero-order valence-electron chi connectivity index (χ0n) is 16.9. The fraction of sp³-hybridized carbons (Fsp3) is 0.304. The van der Waals surface area contributed by atoms with Crippen molar-refractivity contribution in [3.63, 3.8) is 0 Å². The summed E-state index contributed by atoms with van der Waals surface area (Å²) in [5.41, 5.74) is 1.56. The van der Waals surface area contributed by atoms with Crippen LogP contribution in [0.5, 0.6) is 5.75 Å². The van der Waals surface area contributed by atoms with Crippen molar-refractivity contribution in [1.82, 2.24) is 15.2 Å². The number of thiophene rings is 1. The molecule has 6 nitrogen and oxygen atoms in total. The maximum Gasteiger partial charge on any atom is 0.261 e. The van der Waals surface area contributed by atoms with E-state index in [1.165, 1.54) is 0 Å². The molecule has 2 aromatic heterocycles. The van der Waals surface area contributed by atoms with Gasteiger partial charge in [-0.15, -0.1) is 11.3 Å². The molecule has 1 unspecified atom stereocenters. The van der Waals surface area contributed by atoms with Crippen molar-refractivity contribution in [3.05, 3.63) is 75.4 Å². The Bertz CT molecular complexity index is 1060. The average molecular weight is 424 g/mol. The third-order valence-corrected chi connectivity index (χ3v) is 6.36. The number of carbonyl (C=O) groups is 1. The fourth-order valence-corrected chi connectivity index (χ4v) is 4.58. The molecule has 2 N–H and O–H groups in total. The van der Waals surface area contributed by atoms with E-state index in [-0.39, 0.29) is 23.1 Å². The van der Waals surface area contributed by atoms with Gasteiger partial charge in [-0.05, 0) is 67.2 Å². The van der Waals surface area contributed by atoms with E-state index in [4.69, 9.17) is 4.74 Å². The third-order valence-electron chi connectivity index (χ3n) is 5.46. The number of benzene rings is 1. The number of hydrogen-bond donors (Lipinski definition) is 2. The monoisotopic (exact) mass is 423 g/mol. The molecule has 1 aromatic carbocycles. The van der Waals surface area contributed by atoms with Gasteiger partial charge in [0.15, 0.2) is 0 Å². The second kappa shape index (κ2) is 9.28. The Morgan fingerprint density at radius 1 is 1.20 bits per heavy atom. The SMILES string of the molecule is COc1cccc(C(CNC(=O)c2ccc(-c3cccs3)[nH]c2=O)N2CCCC2)c1. The largest absolute Gasteiger partial charge is 0.497 e. The van der Waals surface area contributed by atoms with Crippen LogP contribution < -0.4 is 15.6 Å². The highest BCUT2D eigenvalue weighted by Crippen LogP contribution is 2.27. The molecular formula is C23H25N3O3S. The zero-order valence-corrected chi connectivity index (χ0v) is 17.7. The molecule has 1 atom stereocenters. The molecule has 0 bridgehead atoms. The van der Waals surface area contributed by atoms with Gasteiger partial charge in [-0.3, -0.25) is 14.5 Å². The molecular weight excluding hydrogens is 398 g/mol. The first-order chi connectivity index (χ1) is 14.7. The zero-order chi connectivity index (χ0) is 20.9. The van der Waals surface area contributed by atoms with E-state index in [1.54, 1.807) is 30.6 Å². The molecule has 0 radical (unpaired) electrons. The van der Waals surface area contributed by atoms with Crippen LogP contribution in [0, 0.1) is 0 Å². The highest BCUT2D eigenvalue weighted by molar-refractivity contribution is 7.13. The van der Waals surface area contributed by atoms with Crippen LogP contribution in [0.2, 0.25) is 0 Å². The van der Waals surface area contributed by atoms with Gasteiger partial charge in [0.2, 0.25) is 0 Å². The van der Waals surface area contributed by atoms with E-state index in [0.29, 0.717) is 6.54 Å². The second-order valence-corrected chi connectivity index (χ2v) is 8.29. The molecule has 0 saturated carbocycles. The lowest BCUT2D eigenvalue weighted by Gasteiger charge is -2.28. The van der Waals surface area contributed by atoms with Crippen molar-refractivity contribution in [2.24, 2.45) is 0 Å². The number of carbonyl (C=O) groups excluding carboxylic acids is 1. The Labute approximate surface area is 179 Å².